The zero-order valence-corrected chi connectivity index (χ0v) is 14.1. The molecule has 1 aliphatic carbocycles. The molecule has 1 aromatic rings. The van der Waals surface area contributed by atoms with Crippen LogP contribution in [0, 0.1) is 17.3 Å². The molecule has 3 rings (SSSR count). The first kappa shape index (κ1) is 16.5. The first-order valence-electron chi connectivity index (χ1n) is 8.17. The summed E-state index contributed by atoms with van der Waals surface area (Å²) in [4.78, 5) is 35.0. The molecule has 1 aliphatic heterocycles. The summed E-state index contributed by atoms with van der Waals surface area (Å²) in [5.74, 6) is -2.23. The van der Waals surface area contributed by atoms with E-state index in [1.54, 1.807) is 0 Å². The van der Waals surface area contributed by atoms with Crippen molar-refractivity contribution in [3.05, 3.63) is 29.3 Å². The topological polar surface area (TPSA) is 95.5 Å². The summed E-state index contributed by atoms with van der Waals surface area (Å²) >= 11 is 0. The number of amides is 2. The highest BCUT2D eigenvalue weighted by molar-refractivity contribution is 5.94. The number of aryl methyl sites for hydroxylation is 1. The van der Waals surface area contributed by atoms with Crippen LogP contribution < -0.4 is 10.6 Å². The SMILES string of the molecule is CC(NC(=O)[C@@H]1[C@H](C(=O)O)C1(C)C)c1ccc2c(c1)CCC(=O)N2. The molecule has 2 aliphatic rings. The van der Waals surface area contributed by atoms with Crippen LogP contribution in [0.15, 0.2) is 18.2 Å². The molecule has 0 radical (unpaired) electrons. The summed E-state index contributed by atoms with van der Waals surface area (Å²) < 4.78 is 0. The van der Waals surface area contributed by atoms with E-state index in [9.17, 15) is 19.5 Å². The van der Waals surface area contributed by atoms with Crippen LogP contribution in [0.1, 0.15) is 44.4 Å². The average Bonchev–Trinajstić information content (AvgIpc) is 3.09. The van der Waals surface area contributed by atoms with Gasteiger partial charge in [-0.2, -0.15) is 0 Å². The summed E-state index contributed by atoms with van der Waals surface area (Å²) in [6.07, 6.45) is 1.15. The highest BCUT2D eigenvalue weighted by Crippen LogP contribution is 2.58. The number of anilines is 1. The van der Waals surface area contributed by atoms with Gasteiger partial charge >= 0.3 is 5.97 Å². The predicted octanol–water partition coefficient (Wildman–Crippen LogP) is 2.11. The smallest absolute Gasteiger partial charge is 0.307 e. The molecule has 1 aromatic carbocycles. The molecule has 3 N–H and O–H groups in total. The Morgan fingerprint density at radius 3 is 2.62 bits per heavy atom. The molecular formula is C18H22N2O4. The Labute approximate surface area is 140 Å². The molecule has 6 heteroatoms. The normalized spacial score (nSPS) is 25.2. The molecule has 0 bridgehead atoms. The molecular weight excluding hydrogens is 308 g/mol. The number of nitrogens with one attached hydrogen (secondary N) is 2. The van der Waals surface area contributed by atoms with Crippen LogP contribution >= 0.6 is 0 Å². The summed E-state index contributed by atoms with van der Waals surface area (Å²) in [5.41, 5.74) is 2.32. The maximum atomic E-state index is 12.4. The van der Waals surface area contributed by atoms with Crippen molar-refractivity contribution in [3.8, 4) is 0 Å². The molecule has 1 fully saturated rings. The second-order valence-corrected chi connectivity index (χ2v) is 7.31. The van der Waals surface area contributed by atoms with E-state index in [4.69, 9.17) is 0 Å². The number of fused-ring (bicyclic) bond motifs is 1. The molecule has 6 nitrogen and oxygen atoms in total. The van der Waals surface area contributed by atoms with E-state index in [1.165, 1.54) is 0 Å². The Hall–Kier alpha value is -2.37. The van der Waals surface area contributed by atoms with Gasteiger partial charge in [0.05, 0.1) is 17.9 Å². The standard InChI is InChI=1S/C18H22N2O4/c1-9(19-16(22)14-15(17(23)24)18(14,2)3)10-4-6-12-11(8-10)5-7-13(21)20-12/h4,6,8-9,14-15H,5,7H2,1-3H3,(H,19,22)(H,20,21)(H,23,24)/t9?,14-,15+/m0/s1. The number of aliphatic carboxylic acids is 1. The molecule has 1 unspecified atom stereocenters. The molecule has 24 heavy (non-hydrogen) atoms. The molecule has 0 spiro atoms. The number of carboxylic acids is 1. The molecule has 1 heterocycles. The molecule has 2 amide bonds. The summed E-state index contributed by atoms with van der Waals surface area (Å²) in [6, 6.07) is 5.51. The summed E-state index contributed by atoms with van der Waals surface area (Å²) in [5, 5.41) is 15.0. The fraction of sp³-hybridized carbons (Fsp3) is 0.500. The Kier molecular flexibility index (Phi) is 3.86. The number of rotatable bonds is 4. The molecule has 0 saturated heterocycles. The number of benzene rings is 1. The maximum absolute atomic E-state index is 12.4. The number of carbonyl (C=O) groups excluding carboxylic acids is 2. The number of carbonyl (C=O) groups is 3. The van der Waals surface area contributed by atoms with Crippen LogP contribution in [0.5, 0.6) is 0 Å². The van der Waals surface area contributed by atoms with E-state index in [0.717, 1.165) is 16.8 Å². The summed E-state index contributed by atoms with van der Waals surface area (Å²) in [6.45, 7) is 5.50. The van der Waals surface area contributed by atoms with E-state index < -0.39 is 23.2 Å². The first-order valence-corrected chi connectivity index (χ1v) is 8.17. The van der Waals surface area contributed by atoms with Gasteiger partial charge in [0.15, 0.2) is 0 Å². The fourth-order valence-electron chi connectivity index (χ4n) is 3.65. The van der Waals surface area contributed by atoms with Gasteiger partial charge in [-0.3, -0.25) is 14.4 Å². The van der Waals surface area contributed by atoms with Crippen LogP contribution in [0.2, 0.25) is 0 Å². The van der Waals surface area contributed by atoms with E-state index in [-0.39, 0.29) is 17.9 Å². The third-order valence-electron chi connectivity index (χ3n) is 5.26. The van der Waals surface area contributed by atoms with E-state index in [1.807, 2.05) is 39.0 Å². The lowest BCUT2D eigenvalue weighted by Gasteiger charge is -2.20. The van der Waals surface area contributed by atoms with Crippen LogP contribution in [-0.4, -0.2) is 22.9 Å². The van der Waals surface area contributed by atoms with Crippen molar-refractivity contribution < 1.29 is 19.5 Å². The monoisotopic (exact) mass is 330 g/mol. The van der Waals surface area contributed by atoms with Gasteiger partial charge in [-0.05, 0) is 36.0 Å². The van der Waals surface area contributed by atoms with Gasteiger partial charge in [0, 0.05) is 12.1 Å². The van der Waals surface area contributed by atoms with Crippen LogP contribution in [-0.2, 0) is 20.8 Å². The number of carboxylic acid groups (broad SMARTS) is 1. The first-order chi connectivity index (χ1) is 11.2. The predicted molar refractivity (Wildman–Crippen MR) is 88.3 cm³/mol. The van der Waals surface area contributed by atoms with Crippen LogP contribution in [0.3, 0.4) is 0 Å². The minimum absolute atomic E-state index is 0.0206. The lowest BCUT2D eigenvalue weighted by molar-refractivity contribution is -0.140. The lowest BCUT2D eigenvalue weighted by atomic mass is 9.97. The average molecular weight is 330 g/mol. The van der Waals surface area contributed by atoms with Crippen LogP contribution in [0.25, 0.3) is 0 Å². The largest absolute Gasteiger partial charge is 0.481 e. The van der Waals surface area contributed by atoms with E-state index in [0.29, 0.717) is 12.8 Å². The van der Waals surface area contributed by atoms with Crippen molar-refractivity contribution in [2.75, 3.05) is 5.32 Å². The molecule has 128 valence electrons. The van der Waals surface area contributed by atoms with Crippen molar-refractivity contribution in [1.29, 1.82) is 0 Å². The number of hydrogen-bond acceptors (Lipinski definition) is 3. The Bertz CT molecular complexity index is 726. The lowest BCUT2D eigenvalue weighted by Crippen LogP contribution is -2.30. The third-order valence-corrected chi connectivity index (χ3v) is 5.26. The zero-order chi connectivity index (χ0) is 17.6. The van der Waals surface area contributed by atoms with Crippen molar-refractivity contribution in [2.24, 2.45) is 17.3 Å². The summed E-state index contributed by atoms with van der Waals surface area (Å²) in [7, 11) is 0. The highest BCUT2D eigenvalue weighted by atomic mass is 16.4. The highest BCUT2D eigenvalue weighted by Gasteiger charge is 2.65. The van der Waals surface area contributed by atoms with E-state index >= 15 is 0 Å². The van der Waals surface area contributed by atoms with Crippen molar-refractivity contribution in [3.63, 3.8) is 0 Å². The number of hydrogen-bond donors (Lipinski definition) is 3. The fourth-order valence-corrected chi connectivity index (χ4v) is 3.65. The Morgan fingerprint density at radius 1 is 1.29 bits per heavy atom. The Balaban J connectivity index is 1.70. The molecule has 3 atom stereocenters. The van der Waals surface area contributed by atoms with Gasteiger partial charge < -0.3 is 15.7 Å². The zero-order valence-electron chi connectivity index (χ0n) is 14.1. The molecule has 0 aromatic heterocycles. The van der Waals surface area contributed by atoms with Gasteiger partial charge in [-0.1, -0.05) is 26.0 Å². The van der Waals surface area contributed by atoms with Crippen molar-refractivity contribution in [1.82, 2.24) is 5.32 Å². The van der Waals surface area contributed by atoms with Crippen LogP contribution in [0.4, 0.5) is 5.69 Å². The van der Waals surface area contributed by atoms with Gasteiger partial charge in [-0.25, -0.2) is 0 Å². The van der Waals surface area contributed by atoms with Gasteiger partial charge in [0.25, 0.3) is 0 Å². The second kappa shape index (κ2) is 5.61. The van der Waals surface area contributed by atoms with E-state index in [2.05, 4.69) is 10.6 Å². The third kappa shape index (κ3) is 2.77. The second-order valence-electron chi connectivity index (χ2n) is 7.31. The quantitative estimate of drug-likeness (QED) is 0.788. The molecule has 1 saturated carbocycles. The minimum Gasteiger partial charge on any atom is -0.481 e. The van der Waals surface area contributed by atoms with Gasteiger partial charge in [-0.15, -0.1) is 0 Å². The van der Waals surface area contributed by atoms with Crippen molar-refractivity contribution >= 4 is 23.5 Å². The van der Waals surface area contributed by atoms with Crippen molar-refractivity contribution in [2.45, 2.75) is 39.7 Å². The van der Waals surface area contributed by atoms with Gasteiger partial charge in [0.2, 0.25) is 11.8 Å². The van der Waals surface area contributed by atoms with Gasteiger partial charge in [0.1, 0.15) is 0 Å². The Morgan fingerprint density at radius 2 is 2.00 bits per heavy atom. The maximum Gasteiger partial charge on any atom is 0.307 e. The minimum atomic E-state index is -0.919.